The molecule has 8 heteroatoms. The molecular formula is C16H24N2O5S. The Kier molecular flexibility index (Phi) is 6.20. The number of anilines is 1. The maximum atomic E-state index is 12.2. The predicted molar refractivity (Wildman–Crippen MR) is 90.9 cm³/mol. The normalized spacial score (nSPS) is 18.0. The minimum atomic E-state index is -3.72. The first-order chi connectivity index (χ1) is 11.3. The Morgan fingerprint density at radius 1 is 1.42 bits per heavy atom. The van der Waals surface area contributed by atoms with Crippen LogP contribution in [-0.2, 0) is 14.8 Å². The highest BCUT2D eigenvalue weighted by Gasteiger charge is 2.20. The van der Waals surface area contributed by atoms with E-state index in [0.717, 1.165) is 19.4 Å². The van der Waals surface area contributed by atoms with Gasteiger partial charge in [0.1, 0.15) is 0 Å². The number of hydrogen-bond donors (Lipinski definition) is 3. The van der Waals surface area contributed by atoms with Gasteiger partial charge in [0.15, 0.2) is 0 Å². The molecule has 0 bridgehead atoms. The molecule has 0 amide bonds. The molecule has 1 aliphatic rings. The van der Waals surface area contributed by atoms with E-state index < -0.39 is 16.0 Å². The van der Waals surface area contributed by atoms with E-state index in [2.05, 4.69) is 10.0 Å². The topological polar surface area (TPSA) is 105 Å². The zero-order valence-corrected chi connectivity index (χ0v) is 14.7. The number of hydrogen-bond acceptors (Lipinski definition) is 5. The van der Waals surface area contributed by atoms with Crippen molar-refractivity contribution in [1.29, 1.82) is 0 Å². The van der Waals surface area contributed by atoms with Crippen molar-refractivity contribution in [3.8, 4) is 0 Å². The van der Waals surface area contributed by atoms with Crippen molar-refractivity contribution in [2.24, 2.45) is 5.92 Å². The molecule has 24 heavy (non-hydrogen) atoms. The van der Waals surface area contributed by atoms with E-state index in [0.29, 0.717) is 18.8 Å². The first-order valence-corrected chi connectivity index (χ1v) is 9.50. The van der Waals surface area contributed by atoms with Crippen molar-refractivity contribution in [2.45, 2.75) is 37.7 Å². The quantitative estimate of drug-likeness (QED) is 0.657. The molecule has 134 valence electrons. The number of carboxylic acid groups (broad SMARTS) is 1. The van der Waals surface area contributed by atoms with Crippen LogP contribution in [-0.4, -0.2) is 45.3 Å². The monoisotopic (exact) mass is 356 g/mol. The van der Waals surface area contributed by atoms with Crippen LogP contribution >= 0.6 is 0 Å². The van der Waals surface area contributed by atoms with E-state index in [9.17, 15) is 18.3 Å². The van der Waals surface area contributed by atoms with Gasteiger partial charge in [-0.3, -0.25) is 0 Å². The zero-order chi connectivity index (χ0) is 17.7. The zero-order valence-electron chi connectivity index (χ0n) is 13.9. The van der Waals surface area contributed by atoms with Gasteiger partial charge in [0.05, 0.1) is 16.6 Å². The van der Waals surface area contributed by atoms with Gasteiger partial charge in [-0.2, -0.15) is 0 Å². The Labute approximate surface area is 142 Å². The van der Waals surface area contributed by atoms with Crippen LogP contribution in [0, 0.1) is 5.92 Å². The van der Waals surface area contributed by atoms with E-state index in [1.165, 1.54) is 18.2 Å². The Hall–Kier alpha value is -1.64. The predicted octanol–water partition coefficient (Wildman–Crippen LogP) is 1.91. The Balaban J connectivity index is 2.17. The number of benzene rings is 1. The average molecular weight is 356 g/mol. The first-order valence-electron chi connectivity index (χ1n) is 8.02. The summed E-state index contributed by atoms with van der Waals surface area (Å²) in [6.45, 7) is 5.30. The molecule has 0 aromatic heterocycles. The van der Waals surface area contributed by atoms with Crippen LogP contribution in [0.3, 0.4) is 0 Å². The van der Waals surface area contributed by atoms with Crippen molar-refractivity contribution >= 4 is 21.7 Å². The maximum absolute atomic E-state index is 12.2. The summed E-state index contributed by atoms with van der Waals surface area (Å²) in [6.07, 6.45) is 1.99. The number of rotatable bonds is 8. The third-order valence-corrected chi connectivity index (χ3v) is 5.18. The molecule has 3 N–H and O–H groups in total. The molecule has 1 saturated heterocycles. The van der Waals surface area contributed by atoms with Crippen molar-refractivity contribution in [2.75, 3.05) is 25.0 Å². The lowest BCUT2D eigenvalue weighted by Gasteiger charge is -2.15. The van der Waals surface area contributed by atoms with Crippen LogP contribution < -0.4 is 10.0 Å². The van der Waals surface area contributed by atoms with Crippen LogP contribution in [0.25, 0.3) is 0 Å². The summed E-state index contributed by atoms with van der Waals surface area (Å²) in [6, 6.07) is 4.08. The number of sulfonamides is 1. The van der Waals surface area contributed by atoms with E-state index in [4.69, 9.17) is 4.74 Å². The lowest BCUT2D eigenvalue weighted by atomic mass is 10.1. The summed E-state index contributed by atoms with van der Waals surface area (Å²) in [5.41, 5.74) is 0.321. The van der Waals surface area contributed by atoms with Crippen LogP contribution in [0.1, 0.15) is 37.0 Å². The van der Waals surface area contributed by atoms with Gasteiger partial charge in [-0.05, 0) is 37.0 Å². The SMILES string of the molecule is CC(C)CNS(=O)(=O)c1ccc(NC[C@H]2CCCO2)c(C(=O)O)c1. The lowest BCUT2D eigenvalue weighted by molar-refractivity contribution is 0.0697. The molecule has 1 atom stereocenters. The van der Waals surface area contributed by atoms with Crippen LogP contribution in [0.4, 0.5) is 5.69 Å². The summed E-state index contributed by atoms with van der Waals surface area (Å²) in [5, 5.41) is 12.4. The summed E-state index contributed by atoms with van der Waals surface area (Å²) in [4.78, 5) is 11.4. The molecule has 1 fully saturated rings. The number of carbonyl (C=O) groups is 1. The fourth-order valence-electron chi connectivity index (χ4n) is 2.41. The van der Waals surface area contributed by atoms with Gasteiger partial charge in [-0.1, -0.05) is 13.8 Å². The van der Waals surface area contributed by atoms with E-state index in [1.54, 1.807) is 0 Å². The highest BCUT2D eigenvalue weighted by Crippen LogP contribution is 2.22. The fourth-order valence-corrected chi connectivity index (χ4v) is 3.65. The van der Waals surface area contributed by atoms with Gasteiger partial charge in [0.25, 0.3) is 0 Å². The highest BCUT2D eigenvalue weighted by atomic mass is 32.2. The lowest BCUT2D eigenvalue weighted by Crippen LogP contribution is -2.28. The largest absolute Gasteiger partial charge is 0.478 e. The maximum Gasteiger partial charge on any atom is 0.337 e. The van der Waals surface area contributed by atoms with Gasteiger partial charge in [0.2, 0.25) is 10.0 Å². The Morgan fingerprint density at radius 3 is 2.75 bits per heavy atom. The molecule has 1 aromatic carbocycles. The summed E-state index contributed by atoms with van der Waals surface area (Å²) in [5.74, 6) is -1.02. The van der Waals surface area contributed by atoms with Crippen LogP contribution in [0.2, 0.25) is 0 Å². The molecule has 0 saturated carbocycles. The summed E-state index contributed by atoms with van der Waals surface area (Å²) < 4.78 is 32.5. The van der Waals surface area contributed by atoms with Gasteiger partial charge < -0.3 is 15.2 Å². The number of aromatic carboxylic acids is 1. The molecule has 0 radical (unpaired) electrons. The molecule has 7 nitrogen and oxygen atoms in total. The fraction of sp³-hybridized carbons (Fsp3) is 0.562. The van der Waals surface area contributed by atoms with Crippen molar-refractivity contribution < 1.29 is 23.1 Å². The number of nitrogens with one attached hydrogen (secondary N) is 2. The molecule has 2 rings (SSSR count). The standard InChI is InChI=1S/C16H24N2O5S/c1-11(2)9-18-24(21,22)13-5-6-15(14(8-13)16(19)20)17-10-12-4-3-7-23-12/h5-6,8,11-12,17-18H,3-4,7,9-10H2,1-2H3,(H,19,20)/t12-/m1/s1. The van der Waals surface area contributed by atoms with Gasteiger partial charge in [-0.25, -0.2) is 17.9 Å². The third kappa shape index (κ3) is 4.93. The summed E-state index contributed by atoms with van der Waals surface area (Å²) >= 11 is 0. The minimum absolute atomic E-state index is 0.0526. The second-order valence-electron chi connectivity index (χ2n) is 6.27. The smallest absolute Gasteiger partial charge is 0.337 e. The third-order valence-electron chi connectivity index (χ3n) is 3.76. The molecule has 1 heterocycles. The van der Waals surface area contributed by atoms with Gasteiger partial charge in [0, 0.05) is 25.4 Å². The second kappa shape index (κ2) is 7.96. The van der Waals surface area contributed by atoms with E-state index in [-0.39, 0.29) is 22.5 Å². The van der Waals surface area contributed by atoms with E-state index in [1.807, 2.05) is 13.8 Å². The molecule has 1 aliphatic heterocycles. The van der Waals surface area contributed by atoms with Crippen molar-refractivity contribution in [3.63, 3.8) is 0 Å². The average Bonchev–Trinajstić information content (AvgIpc) is 3.04. The molecule has 0 unspecified atom stereocenters. The molecule has 0 aliphatic carbocycles. The van der Waals surface area contributed by atoms with Gasteiger partial charge >= 0.3 is 5.97 Å². The minimum Gasteiger partial charge on any atom is -0.478 e. The first kappa shape index (κ1) is 18.7. The molecule has 1 aromatic rings. The highest BCUT2D eigenvalue weighted by molar-refractivity contribution is 7.89. The van der Waals surface area contributed by atoms with Crippen LogP contribution in [0.5, 0.6) is 0 Å². The van der Waals surface area contributed by atoms with Crippen molar-refractivity contribution in [3.05, 3.63) is 23.8 Å². The van der Waals surface area contributed by atoms with Crippen molar-refractivity contribution in [1.82, 2.24) is 4.72 Å². The van der Waals surface area contributed by atoms with E-state index >= 15 is 0 Å². The molecule has 0 spiro atoms. The van der Waals surface area contributed by atoms with Gasteiger partial charge in [-0.15, -0.1) is 0 Å². The second-order valence-corrected chi connectivity index (χ2v) is 8.04. The Bertz CT molecular complexity index is 682. The Morgan fingerprint density at radius 2 is 2.17 bits per heavy atom. The summed E-state index contributed by atoms with van der Waals surface area (Å²) in [7, 11) is -3.72. The number of carboxylic acids is 1. The van der Waals surface area contributed by atoms with Crippen LogP contribution in [0.15, 0.2) is 23.1 Å². The number of ether oxygens (including phenoxy) is 1. The molecular weight excluding hydrogens is 332 g/mol.